The van der Waals surface area contributed by atoms with Gasteiger partial charge in [-0.2, -0.15) is 0 Å². The number of benzene rings is 2. The van der Waals surface area contributed by atoms with Crippen LogP contribution in [0.2, 0.25) is 0 Å². The lowest BCUT2D eigenvalue weighted by Crippen LogP contribution is -2.36. The first-order valence-corrected chi connectivity index (χ1v) is 7.75. The second kappa shape index (κ2) is 5.34. The summed E-state index contributed by atoms with van der Waals surface area (Å²) in [5.41, 5.74) is 4.51. The third-order valence-corrected chi connectivity index (χ3v) is 4.39. The normalized spacial score (nSPS) is 14.1. The maximum Gasteiger partial charge on any atom is 0.231 e. The molecule has 22 heavy (non-hydrogen) atoms. The average molecular weight is 290 g/mol. The Morgan fingerprint density at radius 1 is 1.14 bits per heavy atom. The molecule has 2 heterocycles. The fourth-order valence-corrected chi connectivity index (χ4v) is 3.27. The number of amides is 1. The molecule has 0 aliphatic carbocycles. The summed E-state index contributed by atoms with van der Waals surface area (Å²) in [6.07, 6.45) is 4.48. The number of nitrogens with one attached hydrogen (secondary N) is 1. The SMILES string of the molecule is O=C(Cc1ccc2cc[nH]c2c1)N1CCCc2ccccc21. The third kappa shape index (κ3) is 2.29. The molecule has 0 fully saturated rings. The number of nitrogens with zero attached hydrogens (tertiary/aromatic N) is 1. The van der Waals surface area contributed by atoms with Gasteiger partial charge in [0.25, 0.3) is 0 Å². The number of aromatic amines is 1. The highest BCUT2D eigenvalue weighted by molar-refractivity contribution is 5.96. The lowest BCUT2D eigenvalue weighted by molar-refractivity contribution is -0.118. The lowest BCUT2D eigenvalue weighted by Gasteiger charge is -2.29. The molecule has 0 radical (unpaired) electrons. The molecule has 3 aromatic rings. The van der Waals surface area contributed by atoms with E-state index < -0.39 is 0 Å². The van der Waals surface area contributed by atoms with Gasteiger partial charge in [-0.25, -0.2) is 0 Å². The van der Waals surface area contributed by atoms with E-state index >= 15 is 0 Å². The number of carbonyl (C=O) groups is 1. The molecule has 1 amide bonds. The molecule has 1 aliphatic rings. The Kier molecular flexibility index (Phi) is 3.19. The summed E-state index contributed by atoms with van der Waals surface area (Å²) in [6.45, 7) is 0.820. The van der Waals surface area contributed by atoms with Crippen LogP contribution in [0.4, 0.5) is 5.69 Å². The van der Waals surface area contributed by atoms with Crippen molar-refractivity contribution in [2.45, 2.75) is 19.3 Å². The molecule has 0 atom stereocenters. The number of aryl methyl sites for hydroxylation is 1. The fraction of sp³-hybridized carbons (Fsp3) is 0.211. The third-order valence-electron chi connectivity index (χ3n) is 4.39. The molecule has 4 rings (SSSR count). The van der Waals surface area contributed by atoms with Crippen molar-refractivity contribution in [3.8, 4) is 0 Å². The summed E-state index contributed by atoms with van der Waals surface area (Å²) >= 11 is 0. The highest BCUT2D eigenvalue weighted by Crippen LogP contribution is 2.27. The zero-order chi connectivity index (χ0) is 14.9. The van der Waals surface area contributed by atoms with Gasteiger partial charge in [0.05, 0.1) is 6.42 Å². The van der Waals surface area contributed by atoms with Gasteiger partial charge in [0.15, 0.2) is 0 Å². The molecule has 1 N–H and O–H groups in total. The summed E-state index contributed by atoms with van der Waals surface area (Å²) < 4.78 is 0. The Morgan fingerprint density at radius 2 is 2.05 bits per heavy atom. The van der Waals surface area contributed by atoms with Gasteiger partial charge >= 0.3 is 0 Å². The van der Waals surface area contributed by atoms with Crippen molar-refractivity contribution in [1.82, 2.24) is 4.98 Å². The summed E-state index contributed by atoms with van der Waals surface area (Å²) in [6, 6.07) is 16.5. The van der Waals surface area contributed by atoms with E-state index in [1.807, 2.05) is 35.4 Å². The number of para-hydroxylation sites is 1. The van der Waals surface area contributed by atoms with Crippen molar-refractivity contribution in [3.63, 3.8) is 0 Å². The van der Waals surface area contributed by atoms with E-state index in [9.17, 15) is 4.79 Å². The van der Waals surface area contributed by atoms with Crippen LogP contribution in [0.25, 0.3) is 10.9 Å². The van der Waals surface area contributed by atoms with E-state index in [-0.39, 0.29) is 5.91 Å². The summed E-state index contributed by atoms with van der Waals surface area (Å²) in [7, 11) is 0. The first-order valence-electron chi connectivity index (χ1n) is 7.75. The molecule has 3 heteroatoms. The van der Waals surface area contributed by atoms with Gasteiger partial charge in [-0.15, -0.1) is 0 Å². The average Bonchev–Trinajstić information content (AvgIpc) is 3.02. The van der Waals surface area contributed by atoms with E-state index in [0.29, 0.717) is 6.42 Å². The maximum atomic E-state index is 12.7. The van der Waals surface area contributed by atoms with Crippen LogP contribution in [-0.4, -0.2) is 17.4 Å². The Morgan fingerprint density at radius 3 is 3.00 bits per heavy atom. The highest BCUT2D eigenvalue weighted by Gasteiger charge is 2.22. The van der Waals surface area contributed by atoms with Crippen molar-refractivity contribution in [2.24, 2.45) is 0 Å². The minimum Gasteiger partial charge on any atom is -0.361 e. The van der Waals surface area contributed by atoms with Gasteiger partial charge in [-0.1, -0.05) is 30.3 Å². The van der Waals surface area contributed by atoms with Crippen LogP contribution in [0.1, 0.15) is 17.5 Å². The maximum absolute atomic E-state index is 12.7. The van der Waals surface area contributed by atoms with Crippen LogP contribution >= 0.6 is 0 Å². The zero-order valence-corrected chi connectivity index (χ0v) is 12.4. The van der Waals surface area contributed by atoms with Crippen molar-refractivity contribution < 1.29 is 4.79 Å². The molecule has 1 aromatic heterocycles. The van der Waals surface area contributed by atoms with Crippen LogP contribution in [0.5, 0.6) is 0 Å². The van der Waals surface area contributed by atoms with Crippen LogP contribution in [0.15, 0.2) is 54.7 Å². The number of anilines is 1. The molecule has 0 bridgehead atoms. The standard InChI is InChI=1S/C19H18N2O/c22-19(13-14-7-8-15-9-10-20-17(15)12-14)21-11-3-5-16-4-1-2-6-18(16)21/h1-2,4,6-10,12,20H,3,5,11,13H2. The smallest absolute Gasteiger partial charge is 0.231 e. The molecule has 110 valence electrons. The van der Waals surface area contributed by atoms with Gasteiger partial charge in [0.1, 0.15) is 0 Å². The van der Waals surface area contributed by atoms with Crippen LogP contribution in [-0.2, 0) is 17.6 Å². The number of fused-ring (bicyclic) bond motifs is 2. The number of carbonyl (C=O) groups excluding carboxylic acids is 1. The molecule has 0 saturated heterocycles. The van der Waals surface area contributed by atoms with Crippen molar-refractivity contribution in [3.05, 3.63) is 65.9 Å². The number of H-pyrrole nitrogens is 1. The predicted molar refractivity (Wildman–Crippen MR) is 89.1 cm³/mol. The van der Waals surface area contributed by atoms with Crippen molar-refractivity contribution in [1.29, 1.82) is 0 Å². The fourth-order valence-electron chi connectivity index (χ4n) is 3.27. The molecule has 0 spiro atoms. The Labute approximate surface area is 129 Å². The zero-order valence-electron chi connectivity index (χ0n) is 12.4. The van der Waals surface area contributed by atoms with Crippen molar-refractivity contribution in [2.75, 3.05) is 11.4 Å². The van der Waals surface area contributed by atoms with E-state index in [1.165, 1.54) is 10.9 Å². The van der Waals surface area contributed by atoms with Crippen LogP contribution in [0.3, 0.4) is 0 Å². The molecule has 0 saturated carbocycles. The van der Waals surface area contributed by atoms with E-state index in [0.717, 1.165) is 36.2 Å². The van der Waals surface area contributed by atoms with Gasteiger partial charge in [-0.3, -0.25) is 4.79 Å². The minimum absolute atomic E-state index is 0.179. The van der Waals surface area contributed by atoms with Crippen LogP contribution < -0.4 is 4.90 Å². The molecule has 2 aromatic carbocycles. The molecule has 3 nitrogen and oxygen atoms in total. The number of aromatic nitrogens is 1. The number of hydrogen-bond acceptors (Lipinski definition) is 1. The summed E-state index contributed by atoms with van der Waals surface area (Å²) in [4.78, 5) is 17.9. The van der Waals surface area contributed by atoms with Crippen molar-refractivity contribution >= 4 is 22.5 Å². The largest absolute Gasteiger partial charge is 0.361 e. The van der Waals surface area contributed by atoms with Crippen LogP contribution in [0, 0.1) is 0 Å². The molecular weight excluding hydrogens is 272 g/mol. The van der Waals surface area contributed by atoms with Gasteiger partial charge < -0.3 is 9.88 Å². The monoisotopic (exact) mass is 290 g/mol. The van der Waals surface area contributed by atoms with E-state index in [1.54, 1.807) is 0 Å². The Hall–Kier alpha value is -2.55. The van der Waals surface area contributed by atoms with Gasteiger partial charge in [0, 0.05) is 23.9 Å². The Balaban J connectivity index is 1.60. The second-order valence-electron chi connectivity index (χ2n) is 5.85. The first kappa shape index (κ1) is 13.1. The van der Waals surface area contributed by atoms with Gasteiger partial charge in [0.2, 0.25) is 5.91 Å². The molecule has 1 aliphatic heterocycles. The Bertz CT molecular complexity index is 834. The van der Waals surface area contributed by atoms with Gasteiger partial charge in [-0.05, 0) is 47.6 Å². The number of rotatable bonds is 2. The predicted octanol–water partition coefficient (Wildman–Crippen LogP) is 3.69. The molecular formula is C19H18N2O. The topological polar surface area (TPSA) is 36.1 Å². The van der Waals surface area contributed by atoms with E-state index in [4.69, 9.17) is 0 Å². The minimum atomic E-state index is 0.179. The first-order chi connectivity index (χ1) is 10.8. The summed E-state index contributed by atoms with van der Waals surface area (Å²) in [5, 5.41) is 1.18. The van der Waals surface area contributed by atoms with E-state index in [2.05, 4.69) is 29.2 Å². The quantitative estimate of drug-likeness (QED) is 0.767. The molecule has 0 unspecified atom stereocenters. The lowest BCUT2D eigenvalue weighted by atomic mass is 10.0. The second-order valence-corrected chi connectivity index (χ2v) is 5.85. The number of hydrogen-bond donors (Lipinski definition) is 1. The summed E-state index contributed by atoms with van der Waals surface area (Å²) in [5.74, 6) is 0.179. The highest BCUT2D eigenvalue weighted by atomic mass is 16.2.